The molecule has 0 saturated carbocycles. The van der Waals surface area contributed by atoms with E-state index in [4.69, 9.17) is 4.74 Å². The molecule has 7 heteroatoms. The van der Waals surface area contributed by atoms with Gasteiger partial charge < -0.3 is 20.3 Å². The van der Waals surface area contributed by atoms with Gasteiger partial charge in [-0.05, 0) is 56.7 Å². The summed E-state index contributed by atoms with van der Waals surface area (Å²) >= 11 is 0. The van der Waals surface area contributed by atoms with Crippen LogP contribution in [0.15, 0.2) is 43.5 Å². The van der Waals surface area contributed by atoms with Crippen molar-refractivity contribution in [3.05, 3.63) is 54.6 Å². The lowest BCUT2D eigenvalue weighted by Gasteiger charge is -2.34. The van der Waals surface area contributed by atoms with Gasteiger partial charge >= 0.3 is 6.09 Å². The molecule has 0 aliphatic rings. The monoisotopic (exact) mass is 485 g/mol. The lowest BCUT2D eigenvalue weighted by molar-refractivity contribution is -0.142. The zero-order valence-corrected chi connectivity index (χ0v) is 22.2. The summed E-state index contributed by atoms with van der Waals surface area (Å²) in [6.07, 6.45) is 4.76. The number of benzene rings is 1. The molecule has 1 aromatic carbocycles. The third-order valence-corrected chi connectivity index (χ3v) is 5.16. The van der Waals surface area contributed by atoms with Crippen LogP contribution in [0.4, 0.5) is 4.79 Å². The quantitative estimate of drug-likeness (QED) is 0.295. The zero-order chi connectivity index (χ0) is 26.6. The largest absolute Gasteiger partial charge is 0.444 e. The molecule has 0 aliphatic heterocycles. The lowest BCUT2D eigenvalue weighted by atomic mass is 9.98. The van der Waals surface area contributed by atoms with Gasteiger partial charge in [-0.3, -0.25) is 9.59 Å². The van der Waals surface area contributed by atoms with Crippen LogP contribution < -0.4 is 10.6 Å². The number of alkyl carbamates (subject to hydrolysis) is 1. The molecule has 0 spiro atoms. The van der Waals surface area contributed by atoms with E-state index in [2.05, 4.69) is 23.8 Å². The second-order valence-electron chi connectivity index (χ2n) is 10.0. The van der Waals surface area contributed by atoms with E-state index in [1.54, 1.807) is 32.9 Å². The molecule has 0 bridgehead atoms. The summed E-state index contributed by atoms with van der Waals surface area (Å²) in [7, 11) is 0. The van der Waals surface area contributed by atoms with Gasteiger partial charge in [0.05, 0.1) is 0 Å². The van der Waals surface area contributed by atoms with Gasteiger partial charge in [0.2, 0.25) is 11.8 Å². The molecule has 0 aromatic heterocycles. The van der Waals surface area contributed by atoms with Crippen molar-refractivity contribution in [2.45, 2.75) is 78.5 Å². The van der Waals surface area contributed by atoms with Gasteiger partial charge in [-0.25, -0.2) is 4.79 Å². The maximum absolute atomic E-state index is 13.9. The molecule has 194 valence electrons. The Kier molecular flexibility index (Phi) is 12.3. The number of hydrogen-bond donors (Lipinski definition) is 2. The van der Waals surface area contributed by atoms with E-state index in [-0.39, 0.29) is 24.3 Å². The van der Waals surface area contributed by atoms with E-state index in [1.165, 1.54) is 4.90 Å². The Morgan fingerprint density at radius 2 is 1.86 bits per heavy atom. The molecule has 2 atom stereocenters. The third kappa shape index (κ3) is 10.4. The Bertz CT molecular complexity index is 873. The van der Waals surface area contributed by atoms with Crippen molar-refractivity contribution in [3.8, 4) is 0 Å². The van der Waals surface area contributed by atoms with Crippen LogP contribution in [-0.2, 0) is 14.3 Å². The molecule has 2 unspecified atom stereocenters. The van der Waals surface area contributed by atoms with Crippen molar-refractivity contribution in [3.63, 3.8) is 0 Å². The fourth-order valence-corrected chi connectivity index (χ4v) is 3.62. The smallest absolute Gasteiger partial charge is 0.408 e. The second kappa shape index (κ2) is 14.3. The van der Waals surface area contributed by atoms with Crippen molar-refractivity contribution in [2.24, 2.45) is 5.92 Å². The first-order chi connectivity index (χ1) is 16.4. The number of carbonyl (C=O) groups excluding carboxylic acids is 3. The number of nitrogens with one attached hydrogen (secondary N) is 2. The minimum Gasteiger partial charge on any atom is -0.444 e. The molecule has 35 heavy (non-hydrogen) atoms. The number of rotatable bonds is 13. The fraction of sp³-hybridized carbons (Fsp3) is 0.536. The summed E-state index contributed by atoms with van der Waals surface area (Å²) in [4.78, 5) is 41.3. The third-order valence-electron chi connectivity index (χ3n) is 5.16. The number of ether oxygens (including phenoxy) is 1. The fourth-order valence-electron chi connectivity index (χ4n) is 3.62. The Morgan fingerprint density at radius 1 is 1.17 bits per heavy atom. The minimum atomic E-state index is -0.896. The standard InChI is InChI=1S/C28H43N3O4/c1-9-12-16-29-25(32)24(22-15-13-14-21(11-3)19-22)31(17-10-2)26(33)23(18-20(4)5)30-27(34)35-28(6,7)8/h10-11,13-15,19-20,23-24H,2-3,9,12,16-18H2,1,4-8H3,(H,29,32)(H,30,34). The Hall–Kier alpha value is -3.09. The van der Waals surface area contributed by atoms with Crippen LogP contribution in [0.3, 0.4) is 0 Å². The Morgan fingerprint density at radius 3 is 2.40 bits per heavy atom. The summed E-state index contributed by atoms with van der Waals surface area (Å²) in [5.41, 5.74) is 0.793. The van der Waals surface area contributed by atoms with Gasteiger partial charge in [0.1, 0.15) is 17.7 Å². The maximum atomic E-state index is 13.9. The van der Waals surface area contributed by atoms with E-state index >= 15 is 0 Å². The van der Waals surface area contributed by atoms with Crippen LogP contribution in [-0.4, -0.2) is 47.5 Å². The predicted molar refractivity (Wildman–Crippen MR) is 142 cm³/mol. The van der Waals surface area contributed by atoms with E-state index < -0.39 is 23.8 Å². The highest BCUT2D eigenvalue weighted by atomic mass is 16.6. The van der Waals surface area contributed by atoms with Crippen LogP contribution in [0.2, 0.25) is 0 Å². The molecular weight excluding hydrogens is 442 g/mol. The highest BCUT2D eigenvalue weighted by molar-refractivity contribution is 5.92. The van der Waals surface area contributed by atoms with Gasteiger partial charge in [-0.2, -0.15) is 0 Å². The van der Waals surface area contributed by atoms with E-state index in [9.17, 15) is 14.4 Å². The number of amides is 3. The van der Waals surface area contributed by atoms with Crippen LogP contribution in [0, 0.1) is 5.92 Å². The molecular formula is C28H43N3O4. The Labute approximate surface area is 211 Å². The minimum absolute atomic E-state index is 0.116. The molecule has 2 N–H and O–H groups in total. The number of hydrogen-bond acceptors (Lipinski definition) is 4. The van der Waals surface area contributed by atoms with Gasteiger partial charge in [0.25, 0.3) is 0 Å². The van der Waals surface area contributed by atoms with Crippen molar-refractivity contribution in [2.75, 3.05) is 13.1 Å². The first-order valence-electron chi connectivity index (χ1n) is 12.3. The maximum Gasteiger partial charge on any atom is 0.408 e. The average Bonchev–Trinajstić information content (AvgIpc) is 2.76. The van der Waals surface area contributed by atoms with Crippen molar-refractivity contribution in [1.82, 2.24) is 15.5 Å². The summed E-state index contributed by atoms with van der Waals surface area (Å²) < 4.78 is 5.40. The van der Waals surface area contributed by atoms with Crippen molar-refractivity contribution in [1.29, 1.82) is 0 Å². The highest BCUT2D eigenvalue weighted by Crippen LogP contribution is 2.25. The van der Waals surface area contributed by atoms with Crippen molar-refractivity contribution >= 4 is 24.0 Å². The molecule has 0 heterocycles. The average molecular weight is 486 g/mol. The molecule has 1 rings (SSSR count). The topological polar surface area (TPSA) is 87.7 Å². The molecule has 1 aromatic rings. The summed E-state index contributed by atoms with van der Waals surface area (Å²) in [5, 5.41) is 5.69. The molecule has 7 nitrogen and oxygen atoms in total. The molecule has 0 aliphatic carbocycles. The van der Waals surface area contributed by atoms with E-state index in [1.807, 2.05) is 45.0 Å². The number of carbonyl (C=O) groups is 3. The van der Waals surface area contributed by atoms with Gasteiger partial charge in [-0.1, -0.05) is 64.1 Å². The van der Waals surface area contributed by atoms with E-state index in [0.29, 0.717) is 18.5 Å². The number of nitrogens with zero attached hydrogens (tertiary/aromatic N) is 1. The zero-order valence-electron chi connectivity index (χ0n) is 22.2. The van der Waals surface area contributed by atoms with Crippen LogP contribution >= 0.6 is 0 Å². The lowest BCUT2D eigenvalue weighted by Crippen LogP contribution is -2.53. The normalized spacial score (nSPS) is 12.9. The first-order valence-corrected chi connectivity index (χ1v) is 12.3. The van der Waals surface area contributed by atoms with Gasteiger partial charge in [0, 0.05) is 13.1 Å². The predicted octanol–water partition coefficient (Wildman–Crippen LogP) is 5.24. The Balaban J connectivity index is 3.43. The van der Waals surface area contributed by atoms with Crippen LogP contribution in [0.25, 0.3) is 6.08 Å². The molecule has 0 radical (unpaired) electrons. The first kappa shape index (κ1) is 29.9. The molecule has 0 saturated heterocycles. The van der Waals surface area contributed by atoms with Crippen LogP contribution in [0.5, 0.6) is 0 Å². The SMILES string of the molecule is C=CCN(C(=O)C(CC(C)C)NC(=O)OC(C)(C)C)C(C(=O)NCCCC)c1cccc(C=C)c1. The summed E-state index contributed by atoms with van der Waals surface area (Å²) in [5.74, 6) is -0.537. The highest BCUT2D eigenvalue weighted by Gasteiger charge is 2.36. The summed E-state index contributed by atoms with van der Waals surface area (Å²) in [6.45, 7) is 19.5. The van der Waals surface area contributed by atoms with Crippen LogP contribution in [0.1, 0.15) is 78.0 Å². The second-order valence-corrected chi connectivity index (χ2v) is 10.0. The number of unbranched alkanes of at least 4 members (excludes halogenated alkanes) is 1. The molecule has 0 fully saturated rings. The van der Waals surface area contributed by atoms with Crippen molar-refractivity contribution < 1.29 is 19.1 Å². The van der Waals surface area contributed by atoms with Gasteiger partial charge in [0.15, 0.2) is 0 Å². The van der Waals surface area contributed by atoms with E-state index in [0.717, 1.165) is 18.4 Å². The summed E-state index contributed by atoms with van der Waals surface area (Å²) in [6, 6.07) is 5.62. The van der Waals surface area contributed by atoms with Gasteiger partial charge in [-0.15, -0.1) is 6.58 Å². The molecule has 3 amide bonds.